The van der Waals surface area contributed by atoms with Gasteiger partial charge in [0.2, 0.25) is 0 Å². The Balaban J connectivity index is 2.49. The van der Waals surface area contributed by atoms with Gasteiger partial charge in [-0.05, 0) is 12.0 Å². The second-order valence-corrected chi connectivity index (χ2v) is 3.24. The highest BCUT2D eigenvalue weighted by molar-refractivity contribution is 5.24. The molecule has 1 heteroatoms. The predicted molar refractivity (Wildman–Crippen MR) is 58.7 cm³/mol. The smallest absolute Gasteiger partial charge is 0.140 e. The largest absolute Gasteiger partial charge is 0.376 e. The third-order valence-electron chi connectivity index (χ3n) is 2.01. The van der Waals surface area contributed by atoms with Crippen molar-refractivity contribution in [3.8, 4) is 11.8 Å². The third kappa shape index (κ3) is 3.64. The van der Waals surface area contributed by atoms with Crippen LogP contribution in [0.3, 0.4) is 0 Å². The van der Waals surface area contributed by atoms with Crippen LogP contribution in [0.5, 0.6) is 0 Å². The van der Waals surface area contributed by atoms with Crippen molar-refractivity contribution in [2.75, 3.05) is 0 Å². The first-order chi connectivity index (χ1) is 6.84. The van der Waals surface area contributed by atoms with Crippen LogP contribution in [-0.2, 0) is 0 Å². The van der Waals surface area contributed by atoms with Crippen molar-refractivity contribution in [2.24, 2.45) is 0 Å². The summed E-state index contributed by atoms with van der Waals surface area (Å²) >= 11 is 0. The fourth-order valence-corrected chi connectivity index (χ4v) is 1.15. The van der Waals surface area contributed by atoms with Crippen LogP contribution in [0.4, 0.5) is 0 Å². The van der Waals surface area contributed by atoms with Crippen LogP contribution in [0.1, 0.15) is 37.9 Å². The van der Waals surface area contributed by atoms with Gasteiger partial charge < -0.3 is 5.11 Å². The average Bonchev–Trinajstić information content (AvgIpc) is 2.25. The molecule has 0 heterocycles. The summed E-state index contributed by atoms with van der Waals surface area (Å²) in [5.41, 5.74) is 0.872. The summed E-state index contributed by atoms with van der Waals surface area (Å²) in [5.74, 6) is 5.82. The molecule has 0 radical (unpaired) electrons. The zero-order valence-corrected chi connectivity index (χ0v) is 8.53. The molecule has 1 atom stereocenters. The fourth-order valence-electron chi connectivity index (χ4n) is 1.15. The molecule has 0 saturated heterocycles. The lowest BCUT2D eigenvalue weighted by molar-refractivity contribution is 0.238. The minimum absolute atomic E-state index is 0.631. The van der Waals surface area contributed by atoms with E-state index in [0.717, 1.165) is 24.8 Å². The topological polar surface area (TPSA) is 20.2 Å². The van der Waals surface area contributed by atoms with Gasteiger partial charge in [-0.25, -0.2) is 0 Å². The molecule has 1 rings (SSSR count). The normalized spacial score (nSPS) is 11.6. The van der Waals surface area contributed by atoms with E-state index in [-0.39, 0.29) is 0 Å². The van der Waals surface area contributed by atoms with Gasteiger partial charge in [-0.1, -0.05) is 49.6 Å². The molecule has 1 aromatic carbocycles. The molecule has 0 bridgehead atoms. The standard InChI is InChI=1S/C13H16O/c1-2-3-4-8-11-13(14)12-9-6-5-7-10-12/h5-7,9-10,13-14H,2-4H2,1H3. The van der Waals surface area contributed by atoms with Crippen molar-refractivity contribution >= 4 is 0 Å². The Bertz CT molecular complexity index is 305. The molecular weight excluding hydrogens is 172 g/mol. The van der Waals surface area contributed by atoms with Gasteiger partial charge in [-0.15, -0.1) is 5.92 Å². The fraction of sp³-hybridized carbons (Fsp3) is 0.385. The molecule has 0 aliphatic carbocycles. The van der Waals surface area contributed by atoms with E-state index in [1.165, 1.54) is 0 Å². The van der Waals surface area contributed by atoms with Crippen LogP contribution in [0, 0.1) is 11.8 Å². The summed E-state index contributed by atoms with van der Waals surface area (Å²) in [6, 6.07) is 9.53. The Morgan fingerprint density at radius 2 is 2.00 bits per heavy atom. The van der Waals surface area contributed by atoms with E-state index in [2.05, 4.69) is 18.8 Å². The Labute approximate surface area is 85.8 Å². The van der Waals surface area contributed by atoms with E-state index in [9.17, 15) is 5.11 Å². The molecule has 0 saturated carbocycles. The molecule has 0 aromatic heterocycles. The van der Waals surface area contributed by atoms with Crippen molar-refractivity contribution in [1.82, 2.24) is 0 Å². The van der Waals surface area contributed by atoms with Gasteiger partial charge in [0.05, 0.1) is 0 Å². The highest BCUT2D eigenvalue weighted by atomic mass is 16.3. The number of benzene rings is 1. The molecule has 1 unspecified atom stereocenters. The van der Waals surface area contributed by atoms with Gasteiger partial charge in [0, 0.05) is 6.42 Å². The van der Waals surface area contributed by atoms with E-state index in [4.69, 9.17) is 0 Å². The van der Waals surface area contributed by atoms with Crippen molar-refractivity contribution in [3.63, 3.8) is 0 Å². The van der Waals surface area contributed by atoms with Crippen LogP contribution in [0.2, 0.25) is 0 Å². The Morgan fingerprint density at radius 3 is 2.64 bits per heavy atom. The zero-order chi connectivity index (χ0) is 10.2. The predicted octanol–water partition coefficient (Wildman–Crippen LogP) is 2.91. The van der Waals surface area contributed by atoms with Crippen LogP contribution in [0.15, 0.2) is 30.3 Å². The lowest BCUT2D eigenvalue weighted by atomic mass is 10.1. The minimum Gasteiger partial charge on any atom is -0.376 e. The summed E-state index contributed by atoms with van der Waals surface area (Å²) < 4.78 is 0. The number of aliphatic hydroxyl groups excluding tert-OH is 1. The average molecular weight is 188 g/mol. The first-order valence-electron chi connectivity index (χ1n) is 5.06. The Morgan fingerprint density at radius 1 is 1.29 bits per heavy atom. The van der Waals surface area contributed by atoms with Crippen molar-refractivity contribution in [2.45, 2.75) is 32.3 Å². The maximum Gasteiger partial charge on any atom is 0.140 e. The molecule has 0 aliphatic heterocycles. The number of aliphatic hydroxyl groups is 1. The maximum atomic E-state index is 9.65. The van der Waals surface area contributed by atoms with E-state index in [0.29, 0.717) is 0 Å². The van der Waals surface area contributed by atoms with Crippen molar-refractivity contribution < 1.29 is 5.11 Å². The molecule has 1 nitrogen and oxygen atoms in total. The summed E-state index contributed by atoms with van der Waals surface area (Å²) in [6.07, 6.45) is 2.50. The number of rotatable bonds is 3. The van der Waals surface area contributed by atoms with Crippen LogP contribution in [-0.4, -0.2) is 5.11 Å². The van der Waals surface area contributed by atoms with Crippen LogP contribution < -0.4 is 0 Å². The van der Waals surface area contributed by atoms with Crippen LogP contribution >= 0.6 is 0 Å². The Hall–Kier alpha value is -1.26. The lowest BCUT2D eigenvalue weighted by Crippen LogP contribution is -1.92. The number of hydrogen-bond donors (Lipinski definition) is 1. The van der Waals surface area contributed by atoms with E-state index < -0.39 is 6.10 Å². The highest BCUT2D eigenvalue weighted by Gasteiger charge is 2.00. The van der Waals surface area contributed by atoms with Crippen molar-refractivity contribution in [1.29, 1.82) is 0 Å². The van der Waals surface area contributed by atoms with Gasteiger partial charge >= 0.3 is 0 Å². The number of hydrogen-bond acceptors (Lipinski definition) is 1. The van der Waals surface area contributed by atoms with E-state index in [1.54, 1.807) is 0 Å². The first kappa shape index (κ1) is 10.8. The summed E-state index contributed by atoms with van der Waals surface area (Å²) in [5, 5.41) is 9.65. The molecule has 0 amide bonds. The summed E-state index contributed by atoms with van der Waals surface area (Å²) in [4.78, 5) is 0. The Kier molecular flexibility index (Phi) is 4.82. The van der Waals surface area contributed by atoms with Crippen LogP contribution in [0.25, 0.3) is 0 Å². The molecule has 74 valence electrons. The number of unbranched alkanes of at least 4 members (excludes halogenated alkanes) is 2. The van der Waals surface area contributed by atoms with Gasteiger partial charge in [-0.2, -0.15) is 0 Å². The maximum absolute atomic E-state index is 9.65. The molecule has 1 aromatic rings. The highest BCUT2D eigenvalue weighted by Crippen LogP contribution is 2.10. The second-order valence-electron chi connectivity index (χ2n) is 3.24. The lowest BCUT2D eigenvalue weighted by Gasteiger charge is -2.01. The molecule has 0 fully saturated rings. The van der Waals surface area contributed by atoms with E-state index in [1.807, 2.05) is 30.3 Å². The summed E-state index contributed by atoms with van der Waals surface area (Å²) in [6.45, 7) is 2.13. The molecule has 14 heavy (non-hydrogen) atoms. The van der Waals surface area contributed by atoms with Gasteiger partial charge in [-0.3, -0.25) is 0 Å². The molecule has 0 aliphatic rings. The SMILES string of the molecule is CCCCC#CC(O)c1ccccc1. The third-order valence-corrected chi connectivity index (χ3v) is 2.01. The van der Waals surface area contributed by atoms with E-state index >= 15 is 0 Å². The first-order valence-corrected chi connectivity index (χ1v) is 5.06. The quantitative estimate of drug-likeness (QED) is 0.571. The molecule has 0 spiro atoms. The van der Waals surface area contributed by atoms with Gasteiger partial charge in [0.15, 0.2) is 0 Å². The zero-order valence-electron chi connectivity index (χ0n) is 8.53. The van der Waals surface area contributed by atoms with Gasteiger partial charge in [0.25, 0.3) is 0 Å². The molecular formula is C13H16O. The monoisotopic (exact) mass is 188 g/mol. The molecule has 1 N–H and O–H groups in total. The van der Waals surface area contributed by atoms with Crippen molar-refractivity contribution in [3.05, 3.63) is 35.9 Å². The summed E-state index contributed by atoms with van der Waals surface area (Å²) in [7, 11) is 0. The van der Waals surface area contributed by atoms with Gasteiger partial charge in [0.1, 0.15) is 6.10 Å². The minimum atomic E-state index is -0.631. The second kappa shape index (κ2) is 6.23.